The second-order valence-electron chi connectivity index (χ2n) is 20.8. The topological polar surface area (TPSA) is 115 Å². The maximum Gasteiger partial charge on any atom is 0.303 e. The molecule has 4 rings (SSSR count). The van der Waals surface area contributed by atoms with Gasteiger partial charge in [-0.15, -0.1) is 0 Å². The maximum atomic E-state index is 11.4. The number of ketones is 1. The third-order valence-electron chi connectivity index (χ3n) is 14.5. The molecule has 2 unspecified atom stereocenters. The van der Waals surface area contributed by atoms with Gasteiger partial charge in [-0.3, -0.25) is 9.59 Å². The Hall–Kier alpha value is -4.36. The number of hydrogen-bond donors (Lipinski definition) is 4. The third kappa shape index (κ3) is 14.3. The van der Waals surface area contributed by atoms with Crippen molar-refractivity contribution in [2.24, 2.45) is 10.8 Å². The molecule has 0 aliphatic rings. The van der Waals surface area contributed by atoms with Gasteiger partial charge in [-0.1, -0.05) is 148 Å². The molecule has 0 radical (unpaired) electrons. The Morgan fingerprint density at radius 1 is 0.538 bits per heavy atom. The minimum atomic E-state index is -0.754. The molecular weight excluding hydrogens is 805 g/mol. The summed E-state index contributed by atoms with van der Waals surface area (Å²) in [6, 6.07) is 26.7. The first-order valence-corrected chi connectivity index (χ1v) is 24.2. The number of carboxylic acid groups (broad SMARTS) is 1. The molecule has 0 amide bonds. The summed E-state index contributed by atoms with van der Waals surface area (Å²) in [5, 5.41) is 38.8. The van der Waals surface area contributed by atoms with Crippen LogP contribution in [0.1, 0.15) is 181 Å². The van der Waals surface area contributed by atoms with E-state index in [9.17, 15) is 19.8 Å². The lowest BCUT2D eigenvalue weighted by atomic mass is 9.69. The molecular formula is C59H84O6. The number of benzene rings is 4. The highest BCUT2D eigenvalue weighted by molar-refractivity contribution is 5.94. The summed E-state index contributed by atoms with van der Waals surface area (Å²) in [5.41, 5.74) is 14.4. The summed E-state index contributed by atoms with van der Waals surface area (Å²) in [5.74, 6) is -1.05. The molecule has 0 heterocycles. The zero-order valence-electron chi connectivity index (χ0n) is 42.6. The fraction of sp³-hybridized carbons (Fsp3) is 0.525. The molecule has 0 spiro atoms. The van der Waals surface area contributed by atoms with Crippen molar-refractivity contribution in [1.29, 1.82) is 0 Å². The number of aliphatic carboxylic acids is 1. The monoisotopic (exact) mass is 889 g/mol. The van der Waals surface area contributed by atoms with Gasteiger partial charge in [0.2, 0.25) is 0 Å². The van der Waals surface area contributed by atoms with Gasteiger partial charge in [0.1, 0.15) is 6.61 Å². The highest BCUT2D eigenvalue weighted by Gasteiger charge is 2.33. The van der Waals surface area contributed by atoms with Crippen LogP contribution in [0.15, 0.2) is 78.9 Å². The van der Waals surface area contributed by atoms with Gasteiger partial charge in [0.05, 0.1) is 12.2 Å². The van der Waals surface area contributed by atoms with Crippen molar-refractivity contribution >= 4 is 17.8 Å². The third-order valence-corrected chi connectivity index (χ3v) is 14.5. The molecule has 0 saturated carbocycles. The summed E-state index contributed by atoms with van der Waals surface area (Å²) in [6.07, 6.45) is 10.6. The number of aryl methyl sites for hydroxylation is 7. The van der Waals surface area contributed by atoms with Crippen molar-refractivity contribution in [2.45, 2.75) is 184 Å². The number of carbonyl (C=O) groups is 2. The quantitative estimate of drug-likeness (QED) is 0.0657. The van der Waals surface area contributed by atoms with Gasteiger partial charge in [-0.25, -0.2) is 0 Å². The predicted octanol–water partition coefficient (Wildman–Crippen LogP) is 13.1. The molecule has 6 nitrogen and oxygen atoms in total. The first-order valence-electron chi connectivity index (χ1n) is 24.2. The average molecular weight is 889 g/mol. The Morgan fingerprint density at radius 3 is 1.17 bits per heavy atom. The van der Waals surface area contributed by atoms with E-state index in [1.165, 1.54) is 56.1 Å². The largest absolute Gasteiger partial charge is 0.481 e. The van der Waals surface area contributed by atoms with Crippen LogP contribution in [-0.2, 0) is 39.7 Å². The van der Waals surface area contributed by atoms with Crippen LogP contribution in [0, 0.1) is 38.5 Å². The summed E-state index contributed by atoms with van der Waals surface area (Å²) in [7, 11) is 0. The Kier molecular flexibility index (Phi) is 20.2. The Balaban J connectivity index is 0.000000345. The first-order chi connectivity index (χ1) is 30.4. The van der Waals surface area contributed by atoms with Gasteiger partial charge in [-0.05, 0) is 169 Å². The molecule has 0 fully saturated rings. The molecule has 0 aliphatic carbocycles. The molecule has 0 saturated heterocycles. The zero-order chi connectivity index (χ0) is 48.9. The predicted molar refractivity (Wildman–Crippen MR) is 272 cm³/mol. The van der Waals surface area contributed by atoms with Crippen molar-refractivity contribution in [2.75, 3.05) is 6.61 Å². The summed E-state index contributed by atoms with van der Waals surface area (Å²) < 4.78 is 0. The van der Waals surface area contributed by atoms with Crippen LogP contribution in [0.5, 0.6) is 0 Å². The van der Waals surface area contributed by atoms with Crippen LogP contribution in [0.25, 0.3) is 6.08 Å². The van der Waals surface area contributed by atoms with Gasteiger partial charge in [0.15, 0.2) is 5.78 Å². The van der Waals surface area contributed by atoms with Crippen LogP contribution in [0.2, 0.25) is 0 Å². The fourth-order valence-corrected chi connectivity index (χ4v) is 9.38. The highest BCUT2D eigenvalue weighted by atomic mass is 16.4. The zero-order valence-corrected chi connectivity index (χ0v) is 42.6. The normalized spacial score (nSPS) is 13.4. The number of rotatable bonds is 20. The van der Waals surface area contributed by atoms with Gasteiger partial charge in [0.25, 0.3) is 0 Å². The van der Waals surface area contributed by atoms with Gasteiger partial charge >= 0.3 is 5.97 Å². The molecule has 0 aromatic heterocycles. The second kappa shape index (κ2) is 23.9. The molecule has 2 atom stereocenters. The van der Waals surface area contributed by atoms with E-state index in [1.54, 1.807) is 6.08 Å². The summed E-state index contributed by atoms with van der Waals surface area (Å²) in [4.78, 5) is 22.4. The van der Waals surface area contributed by atoms with Crippen molar-refractivity contribution in [1.82, 2.24) is 0 Å². The SMILES string of the molecule is CCC(CC)(c1ccc(/C=C/C(=O)CO)c(C)c1)c1ccc(CCC(O)C(C)(C)C)c(C)c1.CCC(CC)(c1ccc(CCC(=O)O)c(C)c1)c1ccc(CCC(O)C(C)(C)C)c(C)c1. The van der Waals surface area contributed by atoms with E-state index in [-0.39, 0.29) is 46.1 Å². The van der Waals surface area contributed by atoms with E-state index >= 15 is 0 Å². The lowest BCUT2D eigenvalue weighted by Gasteiger charge is -2.34. The summed E-state index contributed by atoms with van der Waals surface area (Å²) in [6.45, 7) is 29.5. The number of aliphatic hydroxyl groups is 3. The molecule has 65 heavy (non-hydrogen) atoms. The smallest absolute Gasteiger partial charge is 0.303 e. The molecule has 4 aromatic carbocycles. The van der Waals surface area contributed by atoms with Gasteiger partial charge < -0.3 is 20.4 Å². The van der Waals surface area contributed by atoms with Crippen molar-refractivity contribution in [3.63, 3.8) is 0 Å². The number of aliphatic hydroxyl groups excluding tert-OH is 3. The first kappa shape index (κ1) is 55.0. The molecule has 4 N–H and O–H groups in total. The minimum Gasteiger partial charge on any atom is -0.481 e. The van der Waals surface area contributed by atoms with E-state index in [4.69, 9.17) is 10.2 Å². The van der Waals surface area contributed by atoms with Crippen molar-refractivity contribution in [3.8, 4) is 0 Å². The van der Waals surface area contributed by atoms with Crippen LogP contribution >= 0.6 is 0 Å². The number of carbonyl (C=O) groups excluding carboxylic acids is 1. The molecule has 0 aliphatic heterocycles. The van der Waals surface area contributed by atoms with Crippen LogP contribution in [0.4, 0.5) is 0 Å². The van der Waals surface area contributed by atoms with E-state index in [0.29, 0.717) is 6.42 Å². The Morgan fingerprint density at radius 2 is 0.877 bits per heavy atom. The second-order valence-corrected chi connectivity index (χ2v) is 20.8. The maximum absolute atomic E-state index is 11.4. The number of hydrogen-bond acceptors (Lipinski definition) is 5. The van der Waals surface area contributed by atoms with Gasteiger partial charge in [-0.2, -0.15) is 0 Å². The standard InChI is InChI=1S/C30H42O3.C29H42O3/c1-8-30(9-2,25-14-10-23(21(3)18-25)12-16-27(32)20-31)26-15-11-24(22(4)19-26)13-17-28(33)29(5,6)7;1-8-29(9-2,25-15-11-23(21(4)19-25)13-17-27(31)32)24-14-10-22(20(3)18-24)12-16-26(30)28(5,6)7/h10-12,14-16,18-19,28,31,33H,8-9,13,17,20H2,1-7H3;10-11,14-15,18-19,26,30H,8-9,12-13,16-17H2,1-7H3,(H,31,32)/b16-12+;. The fourth-order valence-electron chi connectivity index (χ4n) is 9.38. The van der Waals surface area contributed by atoms with Crippen molar-refractivity contribution in [3.05, 3.63) is 146 Å². The van der Waals surface area contributed by atoms with E-state index in [1.807, 2.05) is 0 Å². The average Bonchev–Trinajstić information content (AvgIpc) is 3.25. The van der Waals surface area contributed by atoms with E-state index < -0.39 is 12.6 Å². The molecule has 6 heteroatoms. The molecule has 0 bridgehead atoms. The molecule has 356 valence electrons. The van der Waals surface area contributed by atoms with Gasteiger partial charge in [0, 0.05) is 17.3 Å². The van der Waals surface area contributed by atoms with Crippen LogP contribution in [-0.4, -0.2) is 51.0 Å². The minimum absolute atomic E-state index is 0.0652. The van der Waals surface area contributed by atoms with Crippen LogP contribution in [0.3, 0.4) is 0 Å². The lowest BCUT2D eigenvalue weighted by Crippen LogP contribution is -2.27. The van der Waals surface area contributed by atoms with E-state index in [0.717, 1.165) is 68.1 Å². The van der Waals surface area contributed by atoms with Crippen molar-refractivity contribution < 1.29 is 30.0 Å². The Bertz CT molecular complexity index is 2200. The van der Waals surface area contributed by atoms with E-state index in [2.05, 4.69) is 170 Å². The summed E-state index contributed by atoms with van der Waals surface area (Å²) >= 11 is 0. The van der Waals surface area contributed by atoms with Crippen LogP contribution < -0.4 is 0 Å². The highest BCUT2D eigenvalue weighted by Crippen LogP contribution is 2.42. The molecule has 4 aromatic rings. The number of carboxylic acids is 1. The lowest BCUT2D eigenvalue weighted by molar-refractivity contribution is -0.137. The Labute approximate surface area is 393 Å².